The van der Waals surface area contributed by atoms with Gasteiger partial charge in [-0.05, 0) is 12.1 Å². The molecule has 2 heterocycles. The molecule has 0 atom stereocenters. The highest BCUT2D eigenvalue weighted by atomic mass is 16.1. The molecule has 2 aromatic heterocycles. The summed E-state index contributed by atoms with van der Waals surface area (Å²) in [5, 5.41) is 1.03. The number of benzene rings is 1. The average molecular weight is 211 g/mol. The van der Waals surface area contributed by atoms with Crippen LogP contribution in [0.4, 0.5) is 0 Å². The Labute approximate surface area is 91.5 Å². The fourth-order valence-corrected chi connectivity index (χ4v) is 1.92. The van der Waals surface area contributed by atoms with Gasteiger partial charge in [0, 0.05) is 18.6 Å². The molecular formula is C12H9N3O. The highest BCUT2D eigenvalue weighted by Gasteiger charge is 2.09. The predicted molar refractivity (Wildman–Crippen MR) is 61.4 cm³/mol. The first-order chi connectivity index (χ1) is 7.81. The zero-order valence-corrected chi connectivity index (χ0v) is 8.71. The molecule has 0 unspecified atom stereocenters. The zero-order valence-electron chi connectivity index (χ0n) is 8.71. The topological polar surface area (TPSA) is 47.8 Å². The molecule has 4 heteroatoms. The molecule has 0 N–H and O–H groups in total. The molecule has 0 saturated heterocycles. The van der Waals surface area contributed by atoms with Gasteiger partial charge in [-0.15, -0.1) is 0 Å². The Morgan fingerprint density at radius 2 is 2.12 bits per heavy atom. The summed E-state index contributed by atoms with van der Waals surface area (Å²) in [5.41, 5.74) is 2.54. The van der Waals surface area contributed by atoms with E-state index in [4.69, 9.17) is 0 Å². The minimum Gasteiger partial charge on any atom is -0.325 e. The highest BCUT2D eigenvalue weighted by molar-refractivity contribution is 6.02. The molecule has 16 heavy (non-hydrogen) atoms. The SMILES string of the molecule is Cn1c(C=O)nc2c3ncccc3ccc21. The van der Waals surface area contributed by atoms with Gasteiger partial charge in [0.2, 0.25) is 0 Å². The van der Waals surface area contributed by atoms with Crippen LogP contribution in [-0.2, 0) is 7.05 Å². The quantitative estimate of drug-likeness (QED) is 0.578. The number of hydrogen-bond donors (Lipinski definition) is 0. The molecule has 1 aromatic carbocycles. The van der Waals surface area contributed by atoms with Gasteiger partial charge < -0.3 is 4.57 Å². The molecule has 0 saturated carbocycles. The number of hydrogen-bond acceptors (Lipinski definition) is 3. The van der Waals surface area contributed by atoms with Crippen molar-refractivity contribution in [3.63, 3.8) is 0 Å². The second-order valence-corrected chi connectivity index (χ2v) is 3.66. The predicted octanol–water partition coefficient (Wildman–Crippen LogP) is 1.93. The summed E-state index contributed by atoms with van der Waals surface area (Å²) in [5.74, 6) is 0.424. The number of carbonyl (C=O) groups excluding carboxylic acids is 1. The van der Waals surface area contributed by atoms with Crippen LogP contribution < -0.4 is 0 Å². The molecule has 0 fully saturated rings. The lowest BCUT2D eigenvalue weighted by Crippen LogP contribution is -1.94. The van der Waals surface area contributed by atoms with Gasteiger partial charge in [-0.2, -0.15) is 0 Å². The van der Waals surface area contributed by atoms with Crippen molar-refractivity contribution in [3.8, 4) is 0 Å². The molecule has 0 aliphatic carbocycles. The van der Waals surface area contributed by atoms with E-state index in [1.165, 1.54) is 0 Å². The Bertz CT molecular complexity index is 700. The second-order valence-electron chi connectivity index (χ2n) is 3.66. The van der Waals surface area contributed by atoms with Crippen LogP contribution in [0, 0.1) is 0 Å². The smallest absolute Gasteiger partial charge is 0.185 e. The highest BCUT2D eigenvalue weighted by Crippen LogP contribution is 2.22. The molecule has 0 bridgehead atoms. The Balaban J connectivity index is 2.56. The maximum absolute atomic E-state index is 10.8. The monoisotopic (exact) mass is 211 g/mol. The van der Waals surface area contributed by atoms with Crippen molar-refractivity contribution >= 4 is 28.2 Å². The number of carbonyl (C=O) groups is 1. The van der Waals surface area contributed by atoms with Crippen molar-refractivity contribution in [2.45, 2.75) is 0 Å². The van der Waals surface area contributed by atoms with Crippen molar-refractivity contribution in [2.75, 3.05) is 0 Å². The van der Waals surface area contributed by atoms with E-state index in [1.54, 1.807) is 10.8 Å². The molecule has 0 aliphatic rings. The molecule has 3 rings (SSSR count). The lowest BCUT2D eigenvalue weighted by molar-refractivity contribution is 0.111. The van der Waals surface area contributed by atoms with Crippen LogP contribution in [0.15, 0.2) is 30.5 Å². The van der Waals surface area contributed by atoms with Gasteiger partial charge in [0.05, 0.1) is 11.0 Å². The zero-order chi connectivity index (χ0) is 11.1. The number of aldehydes is 1. The van der Waals surface area contributed by atoms with Gasteiger partial charge in [0.15, 0.2) is 12.1 Å². The minimum atomic E-state index is 0.424. The Morgan fingerprint density at radius 3 is 2.94 bits per heavy atom. The van der Waals surface area contributed by atoms with Crippen LogP contribution in [0.2, 0.25) is 0 Å². The van der Waals surface area contributed by atoms with E-state index in [9.17, 15) is 4.79 Å². The molecule has 0 aliphatic heterocycles. The van der Waals surface area contributed by atoms with Crippen molar-refractivity contribution in [2.24, 2.45) is 7.05 Å². The van der Waals surface area contributed by atoms with Crippen molar-refractivity contribution in [1.82, 2.24) is 14.5 Å². The minimum absolute atomic E-state index is 0.424. The fraction of sp³-hybridized carbons (Fsp3) is 0.0833. The van der Waals surface area contributed by atoms with Crippen LogP contribution in [0.1, 0.15) is 10.6 Å². The third-order valence-electron chi connectivity index (χ3n) is 2.76. The molecule has 4 nitrogen and oxygen atoms in total. The van der Waals surface area contributed by atoms with Crippen LogP contribution in [-0.4, -0.2) is 20.8 Å². The Kier molecular flexibility index (Phi) is 1.77. The number of rotatable bonds is 1. The fourth-order valence-electron chi connectivity index (χ4n) is 1.92. The normalized spacial score (nSPS) is 11.1. The maximum Gasteiger partial charge on any atom is 0.185 e. The van der Waals surface area contributed by atoms with Crippen molar-refractivity contribution in [1.29, 1.82) is 0 Å². The summed E-state index contributed by atoms with van der Waals surface area (Å²) in [7, 11) is 1.83. The van der Waals surface area contributed by atoms with E-state index in [-0.39, 0.29) is 0 Å². The van der Waals surface area contributed by atoms with E-state index in [2.05, 4.69) is 9.97 Å². The number of aromatic nitrogens is 3. The molecule has 78 valence electrons. The third kappa shape index (κ3) is 1.07. The van der Waals surface area contributed by atoms with Gasteiger partial charge in [0.25, 0.3) is 0 Å². The molecule has 0 spiro atoms. The third-order valence-corrected chi connectivity index (χ3v) is 2.76. The number of nitrogens with zero attached hydrogens (tertiary/aromatic N) is 3. The van der Waals surface area contributed by atoms with Crippen LogP contribution in [0.25, 0.3) is 21.9 Å². The summed E-state index contributed by atoms with van der Waals surface area (Å²) >= 11 is 0. The Hall–Kier alpha value is -2.23. The summed E-state index contributed by atoms with van der Waals surface area (Å²) in [6.45, 7) is 0. The maximum atomic E-state index is 10.8. The van der Waals surface area contributed by atoms with Crippen molar-refractivity contribution in [3.05, 3.63) is 36.3 Å². The van der Waals surface area contributed by atoms with E-state index in [0.29, 0.717) is 5.82 Å². The van der Waals surface area contributed by atoms with Crippen LogP contribution in [0.3, 0.4) is 0 Å². The largest absolute Gasteiger partial charge is 0.325 e. The lowest BCUT2D eigenvalue weighted by atomic mass is 10.2. The number of pyridine rings is 1. The number of imidazole rings is 1. The molecule has 0 radical (unpaired) electrons. The van der Waals surface area contributed by atoms with E-state index < -0.39 is 0 Å². The number of fused-ring (bicyclic) bond motifs is 3. The summed E-state index contributed by atoms with van der Waals surface area (Å²) in [6, 6.07) is 7.81. The first-order valence-corrected chi connectivity index (χ1v) is 4.96. The van der Waals surface area contributed by atoms with Gasteiger partial charge >= 0.3 is 0 Å². The van der Waals surface area contributed by atoms with Gasteiger partial charge in [0.1, 0.15) is 5.52 Å². The number of aryl methyl sites for hydroxylation is 1. The van der Waals surface area contributed by atoms with Gasteiger partial charge in [-0.3, -0.25) is 9.78 Å². The Morgan fingerprint density at radius 1 is 1.25 bits per heavy atom. The van der Waals surface area contributed by atoms with Crippen molar-refractivity contribution < 1.29 is 4.79 Å². The molecule has 0 amide bonds. The standard InChI is InChI=1S/C12H9N3O/c1-15-9-5-4-8-3-2-6-13-11(8)12(9)14-10(15)7-16/h2-7H,1H3. The average Bonchev–Trinajstić information content (AvgIpc) is 2.67. The van der Waals surface area contributed by atoms with Gasteiger partial charge in [-0.25, -0.2) is 4.98 Å². The summed E-state index contributed by atoms with van der Waals surface area (Å²) in [4.78, 5) is 19.4. The molecule has 3 aromatic rings. The lowest BCUT2D eigenvalue weighted by Gasteiger charge is -1.98. The summed E-state index contributed by atoms with van der Waals surface area (Å²) in [6.07, 6.45) is 2.49. The van der Waals surface area contributed by atoms with Gasteiger partial charge in [-0.1, -0.05) is 12.1 Å². The van der Waals surface area contributed by atoms with E-state index >= 15 is 0 Å². The second kappa shape index (κ2) is 3.13. The first kappa shape index (κ1) is 9.03. The summed E-state index contributed by atoms with van der Waals surface area (Å²) < 4.78 is 1.77. The molecular weight excluding hydrogens is 202 g/mol. The first-order valence-electron chi connectivity index (χ1n) is 4.96. The van der Waals surface area contributed by atoms with E-state index in [1.807, 2.05) is 31.3 Å². The van der Waals surface area contributed by atoms with E-state index in [0.717, 1.165) is 28.2 Å². The van der Waals surface area contributed by atoms with Crippen LogP contribution >= 0.6 is 0 Å². The van der Waals surface area contributed by atoms with Crippen LogP contribution in [0.5, 0.6) is 0 Å².